The van der Waals surface area contributed by atoms with Gasteiger partial charge >= 0.3 is 0 Å². The third-order valence-electron chi connectivity index (χ3n) is 5.18. The average molecular weight is 395 g/mol. The molecule has 3 aromatic rings. The van der Waals surface area contributed by atoms with Gasteiger partial charge in [0.25, 0.3) is 0 Å². The Hall–Kier alpha value is -2.53. The van der Waals surface area contributed by atoms with Crippen LogP contribution in [0.15, 0.2) is 24.3 Å². The standard InChI is InChI=1S/C21H23N5OS/c1-14-15(2)28-21-19(14)20(23-17-5-3-16(4-6-17)7-8-22)24-18(25-21)13-26-9-11-27-12-10-26/h3-6H,7,9-13H2,1-2H3,(H,23,24,25)/p+1. The lowest BCUT2D eigenvalue weighted by molar-refractivity contribution is -0.922. The topological polar surface area (TPSA) is 75.3 Å². The second-order valence-corrected chi connectivity index (χ2v) is 8.35. The molecule has 1 aliphatic heterocycles. The highest BCUT2D eigenvalue weighted by Crippen LogP contribution is 2.34. The fourth-order valence-electron chi connectivity index (χ4n) is 3.46. The highest BCUT2D eigenvalue weighted by Gasteiger charge is 2.19. The summed E-state index contributed by atoms with van der Waals surface area (Å²) in [5.41, 5.74) is 3.21. The predicted octanol–water partition coefficient (Wildman–Crippen LogP) is 2.53. The molecule has 3 heterocycles. The Labute approximate surface area is 168 Å². The minimum Gasteiger partial charge on any atom is -0.370 e. The zero-order chi connectivity index (χ0) is 19.5. The van der Waals surface area contributed by atoms with Crippen LogP contribution in [-0.4, -0.2) is 36.3 Å². The molecular formula is C21H24N5OS+. The quantitative estimate of drug-likeness (QED) is 0.696. The van der Waals surface area contributed by atoms with Crippen LogP contribution in [0.5, 0.6) is 0 Å². The first-order chi connectivity index (χ1) is 13.6. The summed E-state index contributed by atoms with van der Waals surface area (Å²) < 4.78 is 5.46. The van der Waals surface area contributed by atoms with E-state index in [1.54, 1.807) is 11.3 Å². The Balaban J connectivity index is 1.67. The number of nitriles is 1. The van der Waals surface area contributed by atoms with Crippen LogP contribution >= 0.6 is 11.3 Å². The zero-order valence-corrected chi connectivity index (χ0v) is 17.0. The van der Waals surface area contributed by atoms with E-state index in [0.29, 0.717) is 6.42 Å². The van der Waals surface area contributed by atoms with Crippen molar-refractivity contribution in [2.24, 2.45) is 0 Å². The van der Waals surface area contributed by atoms with E-state index in [9.17, 15) is 0 Å². The number of morpholine rings is 1. The number of hydrogen-bond acceptors (Lipinski definition) is 6. The van der Waals surface area contributed by atoms with Crippen LogP contribution in [0.4, 0.5) is 11.5 Å². The summed E-state index contributed by atoms with van der Waals surface area (Å²) in [7, 11) is 0. The van der Waals surface area contributed by atoms with E-state index >= 15 is 0 Å². The van der Waals surface area contributed by atoms with Gasteiger partial charge in [-0.05, 0) is 37.1 Å². The van der Waals surface area contributed by atoms with Crippen LogP contribution in [0.1, 0.15) is 21.8 Å². The van der Waals surface area contributed by atoms with Crippen LogP contribution < -0.4 is 10.2 Å². The van der Waals surface area contributed by atoms with Crippen molar-refractivity contribution >= 4 is 33.1 Å². The van der Waals surface area contributed by atoms with Gasteiger partial charge in [0.2, 0.25) is 0 Å². The zero-order valence-electron chi connectivity index (χ0n) is 16.2. The first-order valence-corrected chi connectivity index (χ1v) is 10.4. The molecule has 1 aliphatic rings. The van der Waals surface area contributed by atoms with Crippen molar-refractivity contribution in [2.45, 2.75) is 26.8 Å². The lowest BCUT2D eigenvalue weighted by Crippen LogP contribution is -3.12. The number of nitrogens with zero attached hydrogens (tertiary/aromatic N) is 3. The Morgan fingerprint density at radius 2 is 1.93 bits per heavy atom. The van der Waals surface area contributed by atoms with Crippen molar-refractivity contribution in [1.82, 2.24) is 9.97 Å². The number of anilines is 2. The van der Waals surface area contributed by atoms with Gasteiger partial charge in [-0.3, -0.25) is 0 Å². The number of quaternary nitrogens is 1. The first-order valence-electron chi connectivity index (χ1n) is 9.55. The molecule has 2 N–H and O–H groups in total. The molecule has 0 atom stereocenters. The highest BCUT2D eigenvalue weighted by molar-refractivity contribution is 7.18. The maximum absolute atomic E-state index is 8.85. The summed E-state index contributed by atoms with van der Waals surface area (Å²) in [6.07, 6.45) is 0.424. The van der Waals surface area contributed by atoms with Gasteiger partial charge in [-0.1, -0.05) is 12.1 Å². The van der Waals surface area contributed by atoms with E-state index in [1.807, 2.05) is 24.3 Å². The minimum atomic E-state index is 0.424. The third-order valence-corrected chi connectivity index (χ3v) is 6.28. The number of thiophene rings is 1. The molecule has 0 amide bonds. The van der Waals surface area contributed by atoms with Crippen molar-refractivity contribution < 1.29 is 9.64 Å². The number of rotatable bonds is 5. The Kier molecular flexibility index (Phi) is 5.53. The van der Waals surface area contributed by atoms with Crippen molar-refractivity contribution in [1.29, 1.82) is 5.26 Å². The fraction of sp³-hybridized carbons (Fsp3) is 0.381. The van der Waals surface area contributed by atoms with Gasteiger partial charge < -0.3 is 15.0 Å². The molecular weight excluding hydrogens is 370 g/mol. The van der Waals surface area contributed by atoms with Crippen LogP contribution in [0.2, 0.25) is 0 Å². The molecule has 2 aromatic heterocycles. The van der Waals surface area contributed by atoms with Gasteiger partial charge in [0.05, 0.1) is 31.1 Å². The Morgan fingerprint density at radius 1 is 1.18 bits per heavy atom. The van der Waals surface area contributed by atoms with Gasteiger partial charge in [0, 0.05) is 10.6 Å². The monoisotopic (exact) mass is 394 g/mol. The van der Waals surface area contributed by atoms with Crippen LogP contribution in [0.3, 0.4) is 0 Å². The number of benzene rings is 1. The first kappa shape index (κ1) is 18.8. The molecule has 0 aliphatic carbocycles. The van der Waals surface area contributed by atoms with Gasteiger partial charge in [0.15, 0.2) is 5.82 Å². The maximum Gasteiger partial charge on any atom is 0.187 e. The molecule has 28 heavy (non-hydrogen) atoms. The maximum atomic E-state index is 8.85. The SMILES string of the molecule is Cc1sc2nc(C[NH+]3CCOCC3)nc(Nc3ccc(CC#N)cc3)c2c1C. The third kappa shape index (κ3) is 3.99. The largest absolute Gasteiger partial charge is 0.370 e. The number of ether oxygens (including phenoxy) is 1. The van der Waals surface area contributed by atoms with E-state index in [2.05, 4.69) is 25.2 Å². The summed E-state index contributed by atoms with van der Waals surface area (Å²) in [6, 6.07) is 10.1. The molecule has 7 heteroatoms. The number of nitrogens with one attached hydrogen (secondary N) is 2. The normalized spacial score (nSPS) is 14.9. The molecule has 4 rings (SSSR count). The highest BCUT2D eigenvalue weighted by atomic mass is 32.1. The minimum absolute atomic E-state index is 0.424. The number of fused-ring (bicyclic) bond motifs is 1. The Morgan fingerprint density at radius 3 is 2.64 bits per heavy atom. The van der Waals surface area contributed by atoms with Gasteiger partial charge in [0.1, 0.15) is 30.3 Å². The molecule has 0 spiro atoms. The summed E-state index contributed by atoms with van der Waals surface area (Å²) in [6.45, 7) is 8.66. The van der Waals surface area contributed by atoms with E-state index in [-0.39, 0.29) is 0 Å². The molecule has 0 saturated carbocycles. The average Bonchev–Trinajstić information content (AvgIpc) is 2.98. The van der Waals surface area contributed by atoms with E-state index in [4.69, 9.17) is 20.0 Å². The Bertz CT molecular complexity index is 1020. The summed E-state index contributed by atoms with van der Waals surface area (Å²) in [5, 5.41) is 13.4. The van der Waals surface area contributed by atoms with Gasteiger partial charge in [-0.2, -0.15) is 5.26 Å². The summed E-state index contributed by atoms with van der Waals surface area (Å²) >= 11 is 1.73. The van der Waals surface area contributed by atoms with Crippen molar-refractivity contribution in [3.05, 3.63) is 46.1 Å². The molecule has 0 bridgehead atoms. The summed E-state index contributed by atoms with van der Waals surface area (Å²) in [5.74, 6) is 1.73. The predicted molar refractivity (Wildman–Crippen MR) is 111 cm³/mol. The number of aryl methyl sites for hydroxylation is 2. The van der Waals surface area contributed by atoms with Crippen LogP contribution in [-0.2, 0) is 17.7 Å². The van der Waals surface area contributed by atoms with E-state index in [1.165, 1.54) is 15.3 Å². The summed E-state index contributed by atoms with van der Waals surface area (Å²) in [4.78, 5) is 13.5. The molecule has 1 fully saturated rings. The van der Waals surface area contributed by atoms with Crippen molar-refractivity contribution in [3.63, 3.8) is 0 Å². The lowest BCUT2D eigenvalue weighted by Gasteiger charge is -2.23. The molecule has 6 nitrogen and oxygen atoms in total. The lowest BCUT2D eigenvalue weighted by atomic mass is 10.1. The van der Waals surface area contributed by atoms with Crippen LogP contribution in [0.25, 0.3) is 10.2 Å². The van der Waals surface area contributed by atoms with Gasteiger partial charge in [-0.25, -0.2) is 9.97 Å². The number of aromatic nitrogens is 2. The number of hydrogen-bond donors (Lipinski definition) is 2. The smallest absolute Gasteiger partial charge is 0.187 e. The second kappa shape index (κ2) is 8.23. The van der Waals surface area contributed by atoms with Crippen molar-refractivity contribution in [3.8, 4) is 6.07 Å². The molecule has 144 valence electrons. The fourth-order valence-corrected chi connectivity index (χ4v) is 4.51. The van der Waals surface area contributed by atoms with E-state index in [0.717, 1.165) is 66.0 Å². The molecule has 1 aromatic carbocycles. The van der Waals surface area contributed by atoms with Gasteiger partial charge in [-0.15, -0.1) is 11.3 Å². The van der Waals surface area contributed by atoms with Crippen molar-refractivity contribution in [2.75, 3.05) is 31.6 Å². The molecule has 1 saturated heterocycles. The molecule has 0 unspecified atom stereocenters. The second-order valence-electron chi connectivity index (χ2n) is 7.15. The van der Waals surface area contributed by atoms with E-state index < -0.39 is 0 Å². The van der Waals surface area contributed by atoms with Crippen LogP contribution in [0, 0.1) is 25.2 Å². The molecule has 0 radical (unpaired) electrons.